The Labute approximate surface area is 86.6 Å². The van der Waals surface area contributed by atoms with Crippen LogP contribution in [0.2, 0.25) is 0 Å². The van der Waals surface area contributed by atoms with E-state index in [-0.39, 0.29) is 5.78 Å². The van der Waals surface area contributed by atoms with Gasteiger partial charge in [-0.25, -0.2) is 4.79 Å². The van der Waals surface area contributed by atoms with Gasteiger partial charge in [0.05, 0.1) is 0 Å². The Balaban J connectivity index is 2.90. The first kappa shape index (κ1) is 11.0. The van der Waals surface area contributed by atoms with Gasteiger partial charge in [-0.05, 0) is 25.5 Å². The molecule has 0 fully saturated rings. The summed E-state index contributed by atoms with van der Waals surface area (Å²) in [5.74, 6) is 0.222. The lowest BCUT2D eigenvalue weighted by Crippen LogP contribution is -2.25. The largest absolute Gasteiger partial charge is 0.463 e. The molecule has 1 amide bonds. The van der Waals surface area contributed by atoms with Gasteiger partial charge in [-0.2, -0.15) is 5.48 Å². The van der Waals surface area contributed by atoms with E-state index in [1.54, 1.807) is 24.5 Å². The summed E-state index contributed by atoms with van der Waals surface area (Å²) in [6.07, 6.45) is -1.29. The van der Waals surface area contributed by atoms with Gasteiger partial charge in [-0.3, -0.25) is 4.79 Å². The average molecular weight is 209 g/mol. The number of hydrogen-bond donors (Lipinski definition) is 2. The average Bonchev–Trinajstić information content (AvgIpc) is 2.16. The molecule has 0 unspecified atom stereocenters. The Morgan fingerprint density at radius 3 is 2.60 bits per heavy atom. The maximum absolute atomic E-state index is 11.1. The third-order valence-corrected chi connectivity index (χ3v) is 1.84. The molecule has 15 heavy (non-hydrogen) atoms. The molecule has 0 saturated heterocycles. The van der Waals surface area contributed by atoms with E-state index in [0.717, 1.165) is 5.56 Å². The van der Waals surface area contributed by atoms with Gasteiger partial charge in [0.1, 0.15) is 0 Å². The van der Waals surface area contributed by atoms with Crippen LogP contribution in [0.3, 0.4) is 0 Å². The number of carboxylic acid groups (broad SMARTS) is 1. The van der Waals surface area contributed by atoms with Gasteiger partial charge in [-0.15, -0.1) is 0 Å². The molecule has 1 aromatic rings. The predicted octanol–water partition coefficient (Wildman–Crippen LogP) is 1.76. The van der Waals surface area contributed by atoms with Crippen LogP contribution in [0.15, 0.2) is 18.2 Å². The monoisotopic (exact) mass is 209 g/mol. The summed E-state index contributed by atoms with van der Waals surface area (Å²) in [5, 5.41) is 8.34. The minimum atomic E-state index is -1.29. The third kappa shape index (κ3) is 2.98. The van der Waals surface area contributed by atoms with E-state index in [9.17, 15) is 9.59 Å². The molecule has 0 radical (unpaired) electrons. The first-order chi connectivity index (χ1) is 7.00. The van der Waals surface area contributed by atoms with E-state index in [1.165, 1.54) is 13.0 Å². The highest BCUT2D eigenvalue weighted by Crippen LogP contribution is 2.18. The summed E-state index contributed by atoms with van der Waals surface area (Å²) in [7, 11) is 0. The normalized spacial score (nSPS) is 9.47. The molecule has 0 heterocycles. The number of nitrogens with one attached hydrogen (secondary N) is 1. The fourth-order valence-corrected chi connectivity index (χ4v) is 1.03. The highest BCUT2D eigenvalue weighted by atomic mass is 16.7. The van der Waals surface area contributed by atoms with Crippen LogP contribution in [0.4, 0.5) is 4.79 Å². The van der Waals surface area contributed by atoms with Gasteiger partial charge in [0.15, 0.2) is 11.5 Å². The Morgan fingerprint density at radius 1 is 1.40 bits per heavy atom. The van der Waals surface area contributed by atoms with Gasteiger partial charge in [0, 0.05) is 5.56 Å². The van der Waals surface area contributed by atoms with Crippen molar-refractivity contribution in [1.82, 2.24) is 5.48 Å². The summed E-state index contributed by atoms with van der Waals surface area (Å²) in [6, 6.07) is 4.84. The van der Waals surface area contributed by atoms with Crippen LogP contribution in [0.1, 0.15) is 22.8 Å². The molecule has 0 bridgehead atoms. The highest BCUT2D eigenvalue weighted by molar-refractivity contribution is 5.94. The van der Waals surface area contributed by atoms with Crippen LogP contribution in [-0.4, -0.2) is 17.0 Å². The van der Waals surface area contributed by atoms with E-state index in [4.69, 9.17) is 9.94 Å². The molecule has 5 heteroatoms. The lowest BCUT2D eigenvalue weighted by molar-refractivity contribution is 0.101. The molecule has 0 atom stereocenters. The van der Waals surface area contributed by atoms with Crippen LogP contribution in [0.25, 0.3) is 0 Å². The predicted molar refractivity (Wildman–Crippen MR) is 53.0 cm³/mol. The summed E-state index contributed by atoms with van der Waals surface area (Å²) in [6.45, 7) is 3.18. The summed E-state index contributed by atoms with van der Waals surface area (Å²) in [4.78, 5) is 26.0. The molecule has 2 N–H and O–H groups in total. The van der Waals surface area contributed by atoms with E-state index in [2.05, 4.69) is 0 Å². The third-order valence-electron chi connectivity index (χ3n) is 1.84. The van der Waals surface area contributed by atoms with Crippen molar-refractivity contribution in [3.63, 3.8) is 0 Å². The Morgan fingerprint density at radius 2 is 2.07 bits per heavy atom. The lowest BCUT2D eigenvalue weighted by atomic mass is 10.1. The molecule has 0 aliphatic rings. The van der Waals surface area contributed by atoms with Crippen molar-refractivity contribution >= 4 is 11.9 Å². The number of hydroxylamine groups is 1. The van der Waals surface area contributed by atoms with Crippen molar-refractivity contribution < 1.29 is 19.5 Å². The van der Waals surface area contributed by atoms with Crippen LogP contribution in [0, 0.1) is 6.92 Å². The van der Waals surface area contributed by atoms with E-state index in [0.29, 0.717) is 11.3 Å². The molecule has 1 rings (SSSR count). The highest BCUT2D eigenvalue weighted by Gasteiger charge is 2.06. The Hall–Kier alpha value is -2.04. The number of amides is 1. The second kappa shape index (κ2) is 4.45. The molecule has 0 saturated carbocycles. The number of ketones is 1. The molecular formula is C10H11NO4. The number of carbonyl (C=O) groups excluding carboxylic acids is 1. The minimum Gasteiger partial charge on any atom is -0.463 e. The Kier molecular flexibility index (Phi) is 3.28. The van der Waals surface area contributed by atoms with Gasteiger partial charge < -0.3 is 9.94 Å². The van der Waals surface area contributed by atoms with E-state index < -0.39 is 6.09 Å². The van der Waals surface area contributed by atoms with Crippen LogP contribution < -0.4 is 10.3 Å². The fraction of sp³-hybridized carbons (Fsp3) is 0.200. The van der Waals surface area contributed by atoms with Crippen molar-refractivity contribution in [1.29, 1.82) is 0 Å². The molecule has 0 aliphatic carbocycles. The first-order valence-corrected chi connectivity index (χ1v) is 4.28. The smallest absolute Gasteiger partial charge is 0.438 e. The van der Waals surface area contributed by atoms with Crippen molar-refractivity contribution in [3.8, 4) is 5.75 Å². The van der Waals surface area contributed by atoms with Gasteiger partial charge in [-0.1, -0.05) is 12.1 Å². The number of Topliss-reactive ketones (excluding diaryl/α,β-unsaturated/α-hetero) is 1. The number of carbonyl (C=O) groups is 2. The fourth-order valence-electron chi connectivity index (χ4n) is 1.03. The van der Waals surface area contributed by atoms with Crippen molar-refractivity contribution in [3.05, 3.63) is 29.3 Å². The number of aryl methyl sites for hydroxylation is 1. The van der Waals surface area contributed by atoms with Gasteiger partial charge >= 0.3 is 6.09 Å². The molecule has 80 valence electrons. The first-order valence-electron chi connectivity index (χ1n) is 4.28. The molecule has 0 aliphatic heterocycles. The summed E-state index contributed by atoms with van der Waals surface area (Å²) >= 11 is 0. The second-order valence-corrected chi connectivity index (χ2v) is 3.05. The van der Waals surface area contributed by atoms with Crippen LogP contribution in [-0.2, 0) is 0 Å². The molecular weight excluding hydrogens is 198 g/mol. The zero-order valence-corrected chi connectivity index (χ0v) is 8.40. The summed E-state index contributed by atoms with van der Waals surface area (Å²) in [5.41, 5.74) is 2.99. The quantitative estimate of drug-likeness (QED) is 0.587. The summed E-state index contributed by atoms with van der Waals surface area (Å²) < 4.78 is 0. The van der Waals surface area contributed by atoms with E-state index in [1.807, 2.05) is 0 Å². The maximum Gasteiger partial charge on any atom is 0.438 e. The van der Waals surface area contributed by atoms with Crippen LogP contribution >= 0.6 is 0 Å². The standard InChI is InChI=1S/C10H11NO4/c1-6-3-4-8(7(2)12)5-9(6)15-11-10(13)14/h3-5,11H,1-2H3,(H,13,14). The van der Waals surface area contributed by atoms with Crippen molar-refractivity contribution in [2.75, 3.05) is 0 Å². The van der Waals surface area contributed by atoms with Gasteiger partial charge in [0.25, 0.3) is 0 Å². The number of rotatable bonds is 3. The zero-order chi connectivity index (χ0) is 11.4. The Bertz CT molecular complexity index is 400. The molecule has 0 aromatic heterocycles. The SMILES string of the molecule is CC(=O)c1ccc(C)c(ONC(=O)O)c1. The molecule has 0 spiro atoms. The van der Waals surface area contributed by atoms with Gasteiger partial charge in [0.2, 0.25) is 0 Å². The lowest BCUT2D eigenvalue weighted by Gasteiger charge is -2.07. The zero-order valence-electron chi connectivity index (χ0n) is 8.40. The van der Waals surface area contributed by atoms with Crippen molar-refractivity contribution in [2.45, 2.75) is 13.8 Å². The van der Waals surface area contributed by atoms with Crippen molar-refractivity contribution in [2.24, 2.45) is 0 Å². The van der Waals surface area contributed by atoms with Crippen LogP contribution in [0.5, 0.6) is 5.75 Å². The maximum atomic E-state index is 11.1. The number of hydrogen-bond acceptors (Lipinski definition) is 3. The molecule has 1 aromatic carbocycles. The van der Waals surface area contributed by atoms with E-state index >= 15 is 0 Å². The molecule has 5 nitrogen and oxygen atoms in total. The second-order valence-electron chi connectivity index (χ2n) is 3.05. The minimum absolute atomic E-state index is 0.102. The topological polar surface area (TPSA) is 75.6 Å². The number of benzene rings is 1.